The second-order valence-corrected chi connectivity index (χ2v) is 2.96. The Balaban J connectivity index is 2.91. The van der Waals surface area contributed by atoms with Gasteiger partial charge in [0.15, 0.2) is 0 Å². The molecule has 0 nitrogen and oxygen atoms in total. The average Bonchev–Trinajstić information content (AvgIpc) is 1.87. The summed E-state index contributed by atoms with van der Waals surface area (Å²) in [5.41, 5.74) is 0. The molecule has 0 aliphatic rings. The molecule has 0 rings (SSSR count). The highest BCUT2D eigenvalue weighted by molar-refractivity contribution is 4.76. The molecular weight excluding hydrogens is 120 g/mol. The van der Waals surface area contributed by atoms with E-state index in [-0.39, 0.29) is 0 Å². The van der Waals surface area contributed by atoms with E-state index in [0.717, 1.165) is 0 Å². The summed E-state index contributed by atoms with van der Waals surface area (Å²) in [5.74, 6) is 0.630. The maximum absolute atomic E-state index is 3.94. The zero-order valence-electron chi connectivity index (χ0n) is 7.27. The van der Waals surface area contributed by atoms with Gasteiger partial charge < -0.3 is 0 Å². The quantitative estimate of drug-likeness (QED) is 0.403. The smallest absolute Gasteiger partial charge is 0.0351 e. The average molecular weight is 139 g/mol. The standard InChI is InChI=1S/C10H19/c1-4-5-6-7-8-9-10(2)3/h4-5,10H,2,6-9H2,1,3H3/b5-4+. The predicted molar refractivity (Wildman–Crippen MR) is 47.8 cm³/mol. The molecule has 0 aromatic rings. The fourth-order valence-corrected chi connectivity index (χ4v) is 0.922. The van der Waals surface area contributed by atoms with Crippen molar-refractivity contribution in [1.29, 1.82) is 0 Å². The van der Waals surface area contributed by atoms with Crippen molar-refractivity contribution in [3.63, 3.8) is 0 Å². The lowest BCUT2D eigenvalue weighted by Crippen LogP contribution is -1.86. The van der Waals surface area contributed by atoms with E-state index in [1.165, 1.54) is 25.7 Å². The normalized spacial score (nSPS) is 11.6. The Morgan fingerprint density at radius 2 is 2.10 bits per heavy atom. The van der Waals surface area contributed by atoms with Crippen LogP contribution in [0.2, 0.25) is 0 Å². The van der Waals surface area contributed by atoms with Crippen LogP contribution in [0.4, 0.5) is 0 Å². The molecule has 0 saturated heterocycles. The SMILES string of the molecule is [CH2]C(C)CCCC/C=C/C. The lowest BCUT2D eigenvalue weighted by atomic mass is 10.1. The highest BCUT2D eigenvalue weighted by Crippen LogP contribution is 2.07. The Labute approximate surface area is 65.3 Å². The summed E-state index contributed by atoms with van der Waals surface area (Å²) >= 11 is 0. The van der Waals surface area contributed by atoms with E-state index >= 15 is 0 Å². The first kappa shape index (κ1) is 9.74. The van der Waals surface area contributed by atoms with Crippen LogP contribution in [0.3, 0.4) is 0 Å². The molecule has 10 heavy (non-hydrogen) atoms. The second kappa shape index (κ2) is 6.85. The van der Waals surface area contributed by atoms with Gasteiger partial charge in [0.2, 0.25) is 0 Å². The molecule has 0 amide bonds. The Hall–Kier alpha value is -0.260. The van der Waals surface area contributed by atoms with Crippen molar-refractivity contribution >= 4 is 0 Å². The van der Waals surface area contributed by atoms with E-state index in [9.17, 15) is 0 Å². The van der Waals surface area contributed by atoms with Crippen molar-refractivity contribution in [2.24, 2.45) is 5.92 Å². The van der Waals surface area contributed by atoms with Gasteiger partial charge in [-0.15, -0.1) is 0 Å². The molecule has 1 atom stereocenters. The van der Waals surface area contributed by atoms with Crippen molar-refractivity contribution < 1.29 is 0 Å². The molecule has 1 radical (unpaired) electrons. The maximum Gasteiger partial charge on any atom is -0.0351 e. The minimum absolute atomic E-state index is 0.630. The minimum atomic E-state index is 0.630. The first-order chi connectivity index (χ1) is 4.77. The molecule has 0 aromatic heterocycles. The first-order valence-corrected chi connectivity index (χ1v) is 4.21. The van der Waals surface area contributed by atoms with Crippen LogP contribution in [0.5, 0.6) is 0 Å². The summed E-state index contributed by atoms with van der Waals surface area (Å²) in [6.07, 6.45) is 9.52. The Morgan fingerprint density at radius 1 is 1.40 bits per heavy atom. The molecule has 0 saturated carbocycles. The van der Waals surface area contributed by atoms with Crippen molar-refractivity contribution in [2.45, 2.75) is 39.5 Å². The number of allylic oxidation sites excluding steroid dienone is 2. The molecule has 0 aliphatic carbocycles. The molecule has 59 valence electrons. The molecule has 0 fully saturated rings. The molecule has 0 aromatic carbocycles. The first-order valence-electron chi connectivity index (χ1n) is 4.21. The van der Waals surface area contributed by atoms with Crippen LogP contribution < -0.4 is 0 Å². The summed E-state index contributed by atoms with van der Waals surface area (Å²) in [5, 5.41) is 0. The van der Waals surface area contributed by atoms with E-state index in [4.69, 9.17) is 0 Å². The third-order valence-corrected chi connectivity index (χ3v) is 1.55. The maximum atomic E-state index is 3.94. The van der Waals surface area contributed by atoms with Gasteiger partial charge >= 0.3 is 0 Å². The van der Waals surface area contributed by atoms with Gasteiger partial charge in [-0.05, 0) is 25.7 Å². The topological polar surface area (TPSA) is 0 Å². The van der Waals surface area contributed by atoms with Crippen molar-refractivity contribution in [2.75, 3.05) is 0 Å². The third kappa shape index (κ3) is 7.74. The number of rotatable bonds is 5. The summed E-state index contributed by atoms with van der Waals surface area (Å²) in [6, 6.07) is 0. The lowest BCUT2D eigenvalue weighted by Gasteiger charge is -2.01. The monoisotopic (exact) mass is 139 g/mol. The van der Waals surface area contributed by atoms with E-state index < -0.39 is 0 Å². The molecule has 1 unspecified atom stereocenters. The number of unbranched alkanes of at least 4 members (excludes halogenated alkanes) is 2. The van der Waals surface area contributed by atoms with Gasteiger partial charge in [-0.25, -0.2) is 0 Å². The molecule has 0 spiro atoms. The third-order valence-electron chi connectivity index (χ3n) is 1.55. The van der Waals surface area contributed by atoms with Gasteiger partial charge in [-0.2, -0.15) is 0 Å². The van der Waals surface area contributed by atoms with Crippen molar-refractivity contribution in [1.82, 2.24) is 0 Å². The van der Waals surface area contributed by atoms with Gasteiger partial charge in [0.05, 0.1) is 0 Å². The van der Waals surface area contributed by atoms with Gasteiger partial charge in [-0.1, -0.05) is 38.8 Å². The fraction of sp³-hybridized carbons (Fsp3) is 0.700. The number of hydrogen-bond acceptors (Lipinski definition) is 0. The van der Waals surface area contributed by atoms with E-state index in [1.807, 2.05) is 0 Å². The highest BCUT2D eigenvalue weighted by atomic mass is 14.0. The van der Waals surface area contributed by atoms with Crippen LogP contribution in [0, 0.1) is 12.8 Å². The summed E-state index contributed by atoms with van der Waals surface area (Å²) in [7, 11) is 0. The van der Waals surface area contributed by atoms with Gasteiger partial charge in [0, 0.05) is 0 Å². The van der Waals surface area contributed by atoms with Crippen LogP contribution in [-0.2, 0) is 0 Å². The molecule has 0 heteroatoms. The fourth-order valence-electron chi connectivity index (χ4n) is 0.922. The van der Waals surface area contributed by atoms with Crippen LogP contribution in [0.1, 0.15) is 39.5 Å². The van der Waals surface area contributed by atoms with Crippen LogP contribution >= 0.6 is 0 Å². The van der Waals surface area contributed by atoms with E-state index in [1.54, 1.807) is 0 Å². The Morgan fingerprint density at radius 3 is 2.60 bits per heavy atom. The van der Waals surface area contributed by atoms with Crippen molar-refractivity contribution in [3.8, 4) is 0 Å². The van der Waals surface area contributed by atoms with Crippen molar-refractivity contribution in [3.05, 3.63) is 19.1 Å². The molecular formula is C10H19. The molecule has 0 N–H and O–H groups in total. The Bertz CT molecular complexity index is 80.0. The predicted octanol–water partition coefficient (Wildman–Crippen LogP) is 3.59. The largest absolute Gasteiger partial charge is 0.0917 e. The highest BCUT2D eigenvalue weighted by Gasteiger charge is 1.91. The summed E-state index contributed by atoms with van der Waals surface area (Å²) in [6.45, 7) is 8.19. The van der Waals surface area contributed by atoms with Crippen LogP contribution in [0.25, 0.3) is 0 Å². The molecule has 0 heterocycles. The molecule has 0 bridgehead atoms. The lowest BCUT2D eigenvalue weighted by molar-refractivity contribution is 0.582. The summed E-state index contributed by atoms with van der Waals surface area (Å²) < 4.78 is 0. The van der Waals surface area contributed by atoms with E-state index in [2.05, 4.69) is 32.9 Å². The number of hydrogen-bond donors (Lipinski definition) is 0. The Kier molecular flexibility index (Phi) is 6.68. The summed E-state index contributed by atoms with van der Waals surface area (Å²) in [4.78, 5) is 0. The van der Waals surface area contributed by atoms with Crippen LogP contribution in [-0.4, -0.2) is 0 Å². The second-order valence-electron chi connectivity index (χ2n) is 2.96. The zero-order chi connectivity index (χ0) is 7.82. The zero-order valence-corrected chi connectivity index (χ0v) is 7.27. The minimum Gasteiger partial charge on any atom is -0.0917 e. The van der Waals surface area contributed by atoms with Gasteiger partial charge in [0.1, 0.15) is 0 Å². The van der Waals surface area contributed by atoms with Gasteiger partial charge in [-0.3, -0.25) is 0 Å². The van der Waals surface area contributed by atoms with Gasteiger partial charge in [0.25, 0.3) is 0 Å². The molecule has 0 aliphatic heterocycles. The van der Waals surface area contributed by atoms with Crippen LogP contribution in [0.15, 0.2) is 12.2 Å². The van der Waals surface area contributed by atoms with E-state index in [0.29, 0.717) is 5.92 Å².